The first-order valence-electron chi connectivity index (χ1n) is 11.6. The van der Waals surface area contributed by atoms with Crippen LogP contribution in [-0.4, -0.2) is 29.2 Å². The van der Waals surface area contributed by atoms with Gasteiger partial charge in [-0.1, -0.05) is 54.6 Å². The van der Waals surface area contributed by atoms with Gasteiger partial charge in [0.1, 0.15) is 0 Å². The van der Waals surface area contributed by atoms with Crippen LogP contribution in [0.1, 0.15) is 24.0 Å². The number of carbonyl (C=O) groups excluding carboxylic acids is 1. The van der Waals surface area contributed by atoms with Crippen LogP contribution in [0, 0.1) is 0 Å². The van der Waals surface area contributed by atoms with Crippen LogP contribution >= 0.6 is 0 Å². The molecule has 0 bridgehead atoms. The Hall–Kier alpha value is -4.14. The fourth-order valence-corrected chi connectivity index (χ4v) is 3.90. The largest absolute Gasteiger partial charge is 0.416 e. The Balaban J connectivity index is 1.24. The summed E-state index contributed by atoms with van der Waals surface area (Å²) in [6, 6.07) is 19.6. The third-order valence-corrected chi connectivity index (χ3v) is 5.76. The van der Waals surface area contributed by atoms with Gasteiger partial charge in [0.05, 0.1) is 10.9 Å². The van der Waals surface area contributed by atoms with Gasteiger partial charge < -0.3 is 10.6 Å². The second-order valence-electron chi connectivity index (χ2n) is 8.36. The average Bonchev–Trinajstić information content (AvgIpc) is 2.88. The van der Waals surface area contributed by atoms with Crippen molar-refractivity contribution in [3.63, 3.8) is 0 Å². The van der Waals surface area contributed by atoms with Crippen LogP contribution in [0.3, 0.4) is 0 Å². The van der Waals surface area contributed by atoms with Gasteiger partial charge in [0.15, 0.2) is 5.82 Å². The highest BCUT2D eigenvalue weighted by molar-refractivity contribution is 5.90. The Morgan fingerprint density at radius 2 is 1.61 bits per heavy atom. The molecule has 4 aromatic rings. The van der Waals surface area contributed by atoms with Crippen LogP contribution in [0.25, 0.3) is 21.9 Å². The minimum Gasteiger partial charge on any atom is -0.368 e. The van der Waals surface area contributed by atoms with Crippen molar-refractivity contribution >= 4 is 22.5 Å². The standard InChI is InChI=1S/C27H25F3N4O2/c28-27(29,30)21-9-4-8-20(17-21)19-7-3-6-18(16-19)12-13-24(35)31-14-5-15-32-25-22-10-1-2-11-23(22)26(36)34-33-25/h1-4,6-11,16-17H,5,12-15H2,(H,31,35)(H,32,33)(H,34,36). The molecular weight excluding hydrogens is 469 g/mol. The van der Waals surface area contributed by atoms with Gasteiger partial charge in [-0.25, -0.2) is 5.10 Å². The van der Waals surface area contributed by atoms with Gasteiger partial charge in [-0.05, 0) is 47.7 Å². The Labute approximate surface area is 205 Å². The Morgan fingerprint density at radius 1 is 0.889 bits per heavy atom. The minimum absolute atomic E-state index is 0.105. The third kappa shape index (κ3) is 6.29. The van der Waals surface area contributed by atoms with Gasteiger partial charge in [0.25, 0.3) is 5.56 Å². The van der Waals surface area contributed by atoms with Gasteiger partial charge in [0, 0.05) is 24.9 Å². The second-order valence-corrected chi connectivity index (χ2v) is 8.36. The average molecular weight is 495 g/mol. The lowest BCUT2D eigenvalue weighted by Crippen LogP contribution is -2.26. The Bertz CT molecular complexity index is 1420. The molecule has 0 fully saturated rings. The van der Waals surface area contributed by atoms with Crippen LogP contribution < -0.4 is 16.2 Å². The zero-order valence-corrected chi connectivity index (χ0v) is 19.4. The van der Waals surface area contributed by atoms with Crippen molar-refractivity contribution in [2.75, 3.05) is 18.4 Å². The predicted octanol–water partition coefficient (Wildman–Crippen LogP) is 5.16. The molecule has 0 atom stereocenters. The molecule has 0 aliphatic carbocycles. The first-order valence-corrected chi connectivity index (χ1v) is 11.6. The maximum atomic E-state index is 13.0. The summed E-state index contributed by atoms with van der Waals surface area (Å²) in [5.41, 5.74) is 1.09. The molecule has 0 radical (unpaired) electrons. The normalized spacial score (nSPS) is 11.4. The number of nitrogens with one attached hydrogen (secondary N) is 3. The number of aryl methyl sites for hydroxylation is 1. The Kier molecular flexibility index (Phi) is 7.68. The van der Waals surface area contributed by atoms with E-state index in [0.717, 1.165) is 23.1 Å². The molecule has 1 heterocycles. The molecule has 6 nitrogen and oxygen atoms in total. The quantitative estimate of drug-likeness (QED) is 0.281. The van der Waals surface area contributed by atoms with E-state index in [-0.39, 0.29) is 17.9 Å². The number of carbonyl (C=O) groups is 1. The van der Waals surface area contributed by atoms with E-state index in [9.17, 15) is 22.8 Å². The summed E-state index contributed by atoms with van der Waals surface area (Å²) in [5, 5.41) is 13.9. The number of rotatable bonds is 9. The summed E-state index contributed by atoms with van der Waals surface area (Å²) in [7, 11) is 0. The number of anilines is 1. The van der Waals surface area contributed by atoms with Crippen LogP contribution in [0.15, 0.2) is 77.6 Å². The highest BCUT2D eigenvalue weighted by Crippen LogP contribution is 2.32. The van der Waals surface area contributed by atoms with Crippen LogP contribution in [-0.2, 0) is 17.4 Å². The number of aromatic amines is 1. The van der Waals surface area contributed by atoms with Gasteiger partial charge in [0.2, 0.25) is 5.91 Å². The van der Waals surface area contributed by atoms with E-state index in [0.29, 0.717) is 48.3 Å². The number of halogens is 3. The maximum absolute atomic E-state index is 13.0. The van der Waals surface area contributed by atoms with Crippen LogP contribution in [0.2, 0.25) is 0 Å². The summed E-state index contributed by atoms with van der Waals surface area (Å²) in [4.78, 5) is 24.1. The van der Waals surface area contributed by atoms with Crippen molar-refractivity contribution in [2.24, 2.45) is 0 Å². The molecule has 36 heavy (non-hydrogen) atoms. The lowest BCUT2D eigenvalue weighted by Gasteiger charge is -2.10. The molecule has 4 rings (SSSR count). The predicted molar refractivity (Wildman–Crippen MR) is 134 cm³/mol. The molecule has 1 aromatic heterocycles. The van der Waals surface area contributed by atoms with Crippen molar-refractivity contribution in [1.29, 1.82) is 0 Å². The monoisotopic (exact) mass is 494 g/mol. The van der Waals surface area contributed by atoms with Crippen molar-refractivity contribution in [3.05, 3.63) is 94.3 Å². The van der Waals surface area contributed by atoms with Crippen LogP contribution in [0.5, 0.6) is 0 Å². The molecule has 3 N–H and O–H groups in total. The molecule has 0 saturated carbocycles. The molecule has 0 saturated heterocycles. The molecule has 3 aromatic carbocycles. The topological polar surface area (TPSA) is 86.9 Å². The molecule has 0 aliphatic rings. The van der Waals surface area contributed by atoms with E-state index in [4.69, 9.17) is 0 Å². The van der Waals surface area contributed by atoms with Gasteiger partial charge in [-0.2, -0.15) is 18.3 Å². The van der Waals surface area contributed by atoms with Crippen molar-refractivity contribution in [3.8, 4) is 11.1 Å². The molecule has 0 spiro atoms. The van der Waals surface area contributed by atoms with E-state index < -0.39 is 11.7 Å². The summed E-state index contributed by atoms with van der Waals surface area (Å²) in [6.45, 7) is 1.03. The van der Waals surface area contributed by atoms with Gasteiger partial charge in [-0.3, -0.25) is 9.59 Å². The third-order valence-electron chi connectivity index (χ3n) is 5.76. The van der Waals surface area contributed by atoms with Crippen molar-refractivity contribution in [2.45, 2.75) is 25.4 Å². The molecule has 186 valence electrons. The number of alkyl halides is 3. The van der Waals surface area contributed by atoms with Crippen molar-refractivity contribution < 1.29 is 18.0 Å². The Morgan fingerprint density at radius 3 is 2.39 bits per heavy atom. The number of nitrogens with zero attached hydrogens (tertiary/aromatic N) is 1. The summed E-state index contributed by atoms with van der Waals surface area (Å²) >= 11 is 0. The number of hydrogen-bond acceptors (Lipinski definition) is 4. The number of hydrogen-bond donors (Lipinski definition) is 3. The smallest absolute Gasteiger partial charge is 0.368 e. The SMILES string of the molecule is O=C(CCc1cccc(-c2cccc(C(F)(F)F)c2)c1)NCCCNc1n[nH]c(=O)c2ccccc12. The van der Waals surface area contributed by atoms with Gasteiger partial charge >= 0.3 is 6.18 Å². The molecule has 1 amide bonds. The number of benzene rings is 3. The molecule has 0 aliphatic heterocycles. The summed E-state index contributed by atoms with van der Waals surface area (Å²) < 4.78 is 39.1. The van der Waals surface area contributed by atoms with E-state index in [1.165, 1.54) is 6.07 Å². The highest BCUT2D eigenvalue weighted by Gasteiger charge is 2.30. The zero-order valence-electron chi connectivity index (χ0n) is 19.4. The number of aromatic nitrogens is 2. The maximum Gasteiger partial charge on any atom is 0.416 e. The lowest BCUT2D eigenvalue weighted by atomic mass is 9.99. The van der Waals surface area contributed by atoms with E-state index in [2.05, 4.69) is 20.8 Å². The highest BCUT2D eigenvalue weighted by atomic mass is 19.4. The molecule has 9 heteroatoms. The lowest BCUT2D eigenvalue weighted by molar-refractivity contribution is -0.137. The fraction of sp³-hybridized carbons (Fsp3) is 0.222. The van der Waals surface area contributed by atoms with Crippen LogP contribution in [0.4, 0.5) is 19.0 Å². The first-order chi connectivity index (χ1) is 17.3. The first kappa shape index (κ1) is 25.0. The molecule has 0 unspecified atom stereocenters. The summed E-state index contributed by atoms with van der Waals surface area (Å²) in [5.74, 6) is 0.476. The second kappa shape index (κ2) is 11.1. The minimum atomic E-state index is -4.40. The number of fused-ring (bicyclic) bond motifs is 1. The summed E-state index contributed by atoms with van der Waals surface area (Å²) in [6.07, 6.45) is -2.99. The van der Waals surface area contributed by atoms with E-state index in [1.807, 2.05) is 24.3 Å². The number of H-pyrrole nitrogens is 1. The van der Waals surface area contributed by atoms with E-state index in [1.54, 1.807) is 30.3 Å². The number of amides is 1. The van der Waals surface area contributed by atoms with Gasteiger partial charge in [-0.15, -0.1) is 0 Å². The fourth-order valence-electron chi connectivity index (χ4n) is 3.90. The molecular formula is C27H25F3N4O2. The van der Waals surface area contributed by atoms with Crippen molar-refractivity contribution in [1.82, 2.24) is 15.5 Å². The van der Waals surface area contributed by atoms with E-state index >= 15 is 0 Å². The zero-order chi connectivity index (χ0) is 25.5.